The average Bonchev–Trinajstić information content (AvgIpc) is 2.55. The van der Waals surface area contributed by atoms with Gasteiger partial charge in [-0.05, 0) is 42.7 Å². The highest BCUT2D eigenvalue weighted by Crippen LogP contribution is 2.12. The smallest absolute Gasteiger partial charge is 0.225 e. The van der Waals surface area contributed by atoms with Crippen LogP contribution in [0.5, 0.6) is 0 Å². The van der Waals surface area contributed by atoms with Gasteiger partial charge in [0.05, 0.1) is 0 Å². The number of nitrogens with one attached hydrogen (secondary N) is 2. The Hall–Kier alpha value is -2.14. The topological polar surface area (TPSA) is 66.9 Å². The Morgan fingerprint density at radius 3 is 2.65 bits per heavy atom. The quantitative estimate of drug-likeness (QED) is 0.769. The summed E-state index contributed by atoms with van der Waals surface area (Å²) in [5, 5.41) is 14.7. The molecule has 122 valence electrons. The molecule has 0 aliphatic heterocycles. The van der Waals surface area contributed by atoms with Crippen molar-refractivity contribution >= 4 is 29.1 Å². The van der Waals surface area contributed by atoms with E-state index in [1.165, 1.54) is 0 Å². The van der Waals surface area contributed by atoms with E-state index in [-0.39, 0.29) is 5.91 Å². The summed E-state index contributed by atoms with van der Waals surface area (Å²) in [7, 11) is 0. The maximum Gasteiger partial charge on any atom is 0.225 e. The lowest BCUT2D eigenvalue weighted by atomic mass is 10.1. The van der Waals surface area contributed by atoms with Crippen molar-refractivity contribution in [3.8, 4) is 0 Å². The molecule has 2 rings (SSSR count). The average molecular weight is 333 g/mol. The van der Waals surface area contributed by atoms with Crippen LogP contribution in [0, 0.1) is 0 Å². The summed E-state index contributed by atoms with van der Waals surface area (Å²) < 4.78 is 0. The zero-order valence-electron chi connectivity index (χ0n) is 13.2. The van der Waals surface area contributed by atoms with Crippen molar-refractivity contribution in [3.63, 3.8) is 0 Å². The van der Waals surface area contributed by atoms with Gasteiger partial charge < -0.3 is 10.6 Å². The maximum absolute atomic E-state index is 11.6. The van der Waals surface area contributed by atoms with Crippen LogP contribution < -0.4 is 10.6 Å². The Kier molecular flexibility index (Phi) is 6.81. The number of nitrogens with zero attached hydrogens (tertiary/aromatic N) is 2. The molecule has 1 aromatic heterocycles. The lowest BCUT2D eigenvalue weighted by Crippen LogP contribution is -2.13. The van der Waals surface area contributed by atoms with E-state index in [1.54, 1.807) is 12.1 Å². The highest BCUT2D eigenvalue weighted by atomic mass is 35.5. The number of aromatic nitrogens is 2. The van der Waals surface area contributed by atoms with Gasteiger partial charge >= 0.3 is 0 Å². The molecule has 2 N–H and O–H groups in total. The second kappa shape index (κ2) is 9.10. The van der Waals surface area contributed by atoms with Gasteiger partial charge in [-0.25, -0.2) is 0 Å². The molecule has 1 aromatic carbocycles. The zero-order chi connectivity index (χ0) is 16.5. The number of carbonyl (C=O) groups is 1. The van der Waals surface area contributed by atoms with Crippen LogP contribution in [0.15, 0.2) is 36.4 Å². The molecule has 2 aromatic rings. The third-order valence-electron chi connectivity index (χ3n) is 3.30. The molecule has 5 nitrogen and oxygen atoms in total. The molecule has 0 spiro atoms. The number of anilines is 2. The molecule has 0 bridgehead atoms. The minimum atomic E-state index is -0.0252. The molecule has 1 amide bonds. The maximum atomic E-state index is 11.6. The van der Waals surface area contributed by atoms with Crippen LogP contribution in [-0.4, -0.2) is 22.6 Å². The van der Waals surface area contributed by atoms with E-state index in [9.17, 15) is 4.79 Å². The van der Waals surface area contributed by atoms with Crippen LogP contribution in [0.2, 0.25) is 5.02 Å². The van der Waals surface area contributed by atoms with Crippen molar-refractivity contribution in [1.29, 1.82) is 0 Å². The van der Waals surface area contributed by atoms with Gasteiger partial charge in [0.15, 0.2) is 5.82 Å². The molecular weight excluding hydrogens is 312 g/mol. The van der Waals surface area contributed by atoms with Gasteiger partial charge in [0, 0.05) is 18.0 Å². The summed E-state index contributed by atoms with van der Waals surface area (Å²) in [5.74, 6) is 1.13. The SMILES string of the molecule is CCCCC(=O)Nc1ccc(NCCc2cccc(Cl)c2)nn1. The first-order valence-corrected chi connectivity index (χ1v) is 8.17. The minimum absolute atomic E-state index is 0.0252. The van der Waals surface area contributed by atoms with Crippen LogP contribution in [0.3, 0.4) is 0 Å². The first-order chi connectivity index (χ1) is 11.2. The number of hydrogen-bond acceptors (Lipinski definition) is 4. The molecule has 0 unspecified atom stereocenters. The second-order valence-corrected chi connectivity index (χ2v) is 5.70. The Labute approximate surface area is 141 Å². The standard InChI is InChI=1S/C17H21ClN4O/c1-2-3-7-17(23)20-16-9-8-15(21-22-16)19-11-10-13-5-4-6-14(18)12-13/h4-6,8-9,12H,2-3,7,10-11H2,1H3,(H,19,21)(H,20,22,23). The zero-order valence-corrected chi connectivity index (χ0v) is 13.9. The third kappa shape index (κ3) is 6.24. The number of benzene rings is 1. The van der Waals surface area contributed by atoms with E-state index in [0.717, 1.165) is 36.4 Å². The highest BCUT2D eigenvalue weighted by Gasteiger charge is 2.03. The molecular formula is C17H21ClN4O. The lowest BCUT2D eigenvalue weighted by molar-refractivity contribution is -0.116. The number of amides is 1. The van der Waals surface area contributed by atoms with Crippen molar-refractivity contribution in [2.45, 2.75) is 32.6 Å². The highest BCUT2D eigenvalue weighted by molar-refractivity contribution is 6.30. The van der Waals surface area contributed by atoms with Crippen LogP contribution in [0.1, 0.15) is 31.7 Å². The predicted molar refractivity (Wildman–Crippen MR) is 93.8 cm³/mol. The van der Waals surface area contributed by atoms with E-state index in [0.29, 0.717) is 18.1 Å². The monoisotopic (exact) mass is 332 g/mol. The number of unbranched alkanes of at least 4 members (excludes halogenated alkanes) is 1. The van der Waals surface area contributed by atoms with Gasteiger partial charge in [-0.15, -0.1) is 10.2 Å². The summed E-state index contributed by atoms with van der Waals surface area (Å²) in [4.78, 5) is 11.6. The van der Waals surface area contributed by atoms with E-state index in [1.807, 2.05) is 24.3 Å². The van der Waals surface area contributed by atoms with Crippen LogP contribution in [0.4, 0.5) is 11.6 Å². The van der Waals surface area contributed by atoms with Crippen molar-refractivity contribution < 1.29 is 4.79 Å². The van der Waals surface area contributed by atoms with Gasteiger partial charge in [0.1, 0.15) is 5.82 Å². The molecule has 23 heavy (non-hydrogen) atoms. The van der Waals surface area contributed by atoms with E-state index in [2.05, 4.69) is 27.8 Å². The molecule has 1 heterocycles. The largest absolute Gasteiger partial charge is 0.368 e. The summed E-state index contributed by atoms with van der Waals surface area (Å²) in [6.45, 7) is 2.79. The summed E-state index contributed by atoms with van der Waals surface area (Å²) in [6, 6.07) is 11.3. The van der Waals surface area contributed by atoms with Gasteiger partial charge in [-0.1, -0.05) is 37.1 Å². The predicted octanol–water partition coefficient (Wildman–Crippen LogP) is 3.91. The molecule has 0 aliphatic carbocycles. The fourth-order valence-corrected chi connectivity index (χ4v) is 2.28. The number of rotatable bonds is 8. The Morgan fingerprint density at radius 1 is 1.17 bits per heavy atom. The van der Waals surface area contributed by atoms with Gasteiger partial charge in [0.25, 0.3) is 0 Å². The van der Waals surface area contributed by atoms with Gasteiger partial charge in [-0.2, -0.15) is 0 Å². The molecule has 0 atom stereocenters. The molecule has 0 aliphatic rings. The Morgan fingerprint density at radius 2 is 1.96 bits per heavy atom. The first-order valence-electron chi connectivity index (χ1n) is 7.79. The Balaban J connectivity index is 1.77. The van der Waals surface area contributed by atoms with Gasteiger partial charge in [-0.3, -0.25) is 4.79 Å². The van der Waals surface area contributed by atoms with Crippen LogP contribution in [0.25, 0.3) is 0 Å². The fourth-order valence-electron chi connectivity index (χ4n) is 2.06. The lowest BCUT2D eigenvalue weighted by Gasteiger charge is -2.07. The summed E-state index contributed by atoms with van der Waals surface area (Å²) in [5.41, 5.74) is 1.16. The van der Waals surface area contributed by atoms with Crippen molar-refractivity contribution in [2.75, 3.05) is 17.2 Å². The number of carbonyl (C=O) groups excluding carboxylic acids is 1. The molecule has 6 heteroatoms. The van der Waals surface area contributed by atoms with Crippen molar-refractivity contribution in [2.24, 2.45) is 0 Å². The van der Waals surface area contributed by atoms with Gasteiger partial charge in [0.2, 0.25) is 5.91 Å². The fraction of sp³-hybridized carbons (Fsp3) is 0.353. The summed E-state index contributed by atoms with van der Waals surface area (Å²) >= 11 is 5.95. The second-order valence-electron chi connectivity index (χ2n) is 5.26. The molecule has 0 saturated carbocycles. The molecule has 0 fully saturated rings. The summed E-state index contributed by atoms with van der Waals surface area (Å²) in [6.07, 6.45) is 3.23. The number of halogens is 1. The van der Waals surface area contributed by atoms with Crippen molar-refractivity contribution in [1.82, 2.24) is 10.2 Å². The normalized spacial score (nSPS) is 10.3. The van der Waals surface area contributed by atoms with E-state index < -0.39 is 0 Å². The first kappa shape index (κ1) is 17.2. The number of hydrogen-bond donors (Lipinski definition) is 2. The van der Waals surface area contributed by atoms with Crippen LogP contribution >= 0.6 is 11.6 Å². The molecule has 0 radical (unpaired) electrons. The Bertz CT molecular complexity index is 631. The van der Waals surface area contributed by atoms with E-state index in [4.69, 9.17) is 11.6 Å². The minimum Gasteiger partial charge on any atom is -0.368 e. The van der Waals surface area contributed by atoms with E-state index >= 15 is 0 Å². The van der Waals surface area contributed by atoms with Crippen LogP contribution in [-0.2, 0) is 11.2 Å². The third-order valence-corrected chi connectivity index (χ3v) is 3.53. The molecule has 0 saturated heterocycles. The van der Waals surface area contributed by atoms with Crippen molar-refractivity contribution in [3.05, 3.63) is 47.0 Å².